The van der Waals surface area contributed by atoms with Gasteiger partial charge in [0.15, 0.2) is 0 Å². The molecule has 4 rings (SSSR count). The third kappa shape index (κ3) is 6.95. The Morgan fingerprint density at radius 1 is 0.811 bits per heavy atom. The van der Waals surface area contributed by atoms with Gasteiger partial charge in [0.2, 0.25) is 5.82 Å². The molecule has 2 N–H and O–H groups in total. The molecule has 190 valence electrons. The van der Waals surface area contributed by atoms with E-state index in [2.05, 4.69) is 20.0 Å². The molecule has 0 aliphatic rings. The van der Waals surface area contributed by atoms with Gasteiger partial charge in [-0.25, -0.2) is 18.4 Å². The number of methoxy groups -OCH3 is 1. The summed E-state index contributed by atoms with van der Waals surface area (Å²) >= 11 is 0. The van der Waals surface area contributed by atoms with Crippen molar-refractivity contribution in [2.45, 2.75) is 4.90 Å². The summed E-state index contributed by atoms with van der Waals surface area (Å²) in [6.07, 6.45) is 2.73. The zero-order chi connectivity index (χ0) is 26.1. The number of benzene rings is 3. The van der Waals surface area contributed by atoms with Gasteiger partial charge in [0.1, 0.15) is 24.7 Å². The van der Waals surface area contributed by atoms with E-state index in [4.69, 9.17) is 14.2 Å². The van der Waals surface area contributed by atoms with Gasteiger partial charge >= 0.3 is 0 Å². The molecule has 0 aliphatic heterocycles. The van der Waals surface area contributed by atoms with Gasteiger partial charge in [-0.2, -0.15) is 0 Å². The fraction of sp³-hybridized carbons (Fsp3) is 0.115. The van der Waals surface area contributed by atoms with Crippen LogP contribution in [0.5, 0.6) is 17.4 Å². The lowest BCUT2D eigenvalue weighted by Gasteiger charge is -2.11. The second kappa shape index (κ2) is 11.9. The van der Waals surface area contributed by atoms with Crippen LogP contribution in [0.15, 0.2) is 96.2 Å². The molecule has 4 aromatic rings. The van der Waals surface area contributed by atoms with Crippen molar-refractivity contribution in [1.29, 1.82) is 0 Å². The van der Waals surface area contributed by atoms with Crippen molar-refractivity contribution in [3.8, 4) is 17.4 Å². The number of hydrogen-bond donors (Lipinski definition) is 2. The molecule has 0 saturated carbocycles. The Kier molecular flexibility index (Phi) is 8.16. The summed E-state index contributed by atoms with van der Waals surface area (Å²) in [5.41, 5.74) is 0.848. The summed E-state index contributed by atoms with van der Waals surface area (Å²) in [4.78, 5) is 20.4. The highest BCUT2D eigenvalue weighted by atomic mass is 32.2. The third-order valence-electron chi connectivity index (χ3n) is 4.99. The monoisotopic (exact) mass is 520 g/mol. The summed E-state index contributed by atoms with van der Waals surface area (Å²) in [5.74, 6) is 1.04. The molecule has 0 aliphatic carbocycles. The molecule has 11 heteroatoms. The molecule has 0 radical (unpaired) electrons. The number of hydrogen-bond acceptors (Lipinski definition) is 8. The number of nitrogens with one attached hydrogen (secondary N) is 2. The molecule has 1 amide bonds. The highest BCUT2D eigenvalue weighted by molar-refractivity contribution is 7.92. The van der Waals surface area contributed by atoms with Crippen LogP contribution in [0, 0.1) is 0 Å². The van der Waals surface area contributed by atoms with Crippen LogP contribution in [0.1, 0.15) is 10.4 Å². The van der Waals surface area contributed by atoms with Crippen LogP contribution >= 0.6 is 0 Å². The Bertz CT molecular complexity index is 1430. The van der Waals surface area contributed by atoms with Crippen molar-refractivity contribution >= 4 is 27.4 Å². The number of nitrogens with zero attached hydrogens (tertiary/aromatic N) is 2. The van der Waals surface area contributed by atoms with Crippen LogP contribution in [0.25, 0.3) is 0 Å². The molecule has 0 fully saturated rings. The predicted molar refractivity (Wildman–Crippen MR) is 138 cm³/mol. The molecule has 3 aromatic carbocycles. The average molecular weight is 521 g/mol. The minimum Gasteiger partial charge on any atom is -0.490 e. The van der Waals surface area contributed by atoms with E-state index in [1.54, 1.807) is 24.3 Å². The average Bonchev–Trinajstić information content (AvgIpc) is 2.92. The smallest absolute Gasteiger partial charge is 0.263 e. The van der Waals surface area contributed by atoms with E-state index in [1.165, 1.54) is 43.8 Å². The normalized spacial score (nSPS) is 10.8. The number of rotatable bonds is 11. The maximum atomic E-state index is 12.7. The summed E-state index contributed by atoms with van der Waals surface area (Å²) in [6, 6.07) is 21.8. The van der Waals surface area contributed by atoms with E-state index < -0.39 is 10.0 Å². The summed E-state index contributed by atoms with van der Waals surface area (Å²) in [7, 11) is -2.58. The number of sulfonamides is 1. The lowest BCUT2D eigenvalue weighted by atomic mass is 10.2. The lowest BCUT2D eigenvalue weighted by molar-refractivity contribution is 0.102. The summed E-state index contributed by atoms with van der Waals surface area (Å²) < 4.78 is 44.0. The molecule has 0 unspecified atom stereocenters. The van der Waals surface area contributed by atoms with Crippen LogP contribution in [-0.4, -0.2) is 44.6 Å². The molecule has 10 nitrogen and oxygen atoms in total. The number of ether oxygens (including phenoxy) is 3. The van der Waals surface area contributed by atoms with E-state index in [0.29, 0.717) is 30.2 Å². The fourth-order valence-corrected chi connectivity index (χ4v) is 4.20. The number of carbonyl (C=O) groups is 1. The highest BCUT2D eigenvalue weighted by Gasteiger charge is 2.18. The molecule has 0 spiro atoms. The Hall–Kier alpha value is -4.64. The van der Waals surface area contributed by atoms with Crippen LogP contribution in [0.3, 0.4) is 0 Å². The lowest BCUT2D eigenvalue weighted by Crippen LogP contribution is -2.15. The van der Waals surface area contributed by atoms with Gasteiger partial charge in [0.05, 0.1) is 12.0 Å². The molecular formula is C26H24N4O6S. The Labute approximate surface area is 214 Å². The standard InChI is InChI=1S/C26H24N4O6S/c1-34-26-24(27-15-16-28-26)30-37(32,33)23-13-9-20(10-14-23)29-25(31)19-7-11-22(12-8-19)36-18-17-35-21-5-3-2-4-6-21/h2-16H,17-18H2,1H3,(H,27,30)(H,29,31). The van der Waals surface area contributed by atoms with Gasteiger partial charge < -0.3 is 19.5 Å². The first-order valence-corrected chi connectivity index (χ1v) is 12.6. The van der Waals surface area contributed by atoms with Crippen LogP contribution in [-0.2, 0) is 10.0 Å². The van der Waals surface area contributed by atoms with Crippen molar-refractivity contribution in [2.75, 3.05) is 30.4 Å². The van der Waals surface area contributed by atoms with E-state index in [0.717, 1.165) is 5.75 Å². The maximum Gasteiger partial charge on any atom is 0.263 e. The van der Waals surface area contributed by atoms with Crippen LogP contribution < -0.4 is 24.2 Å². The molecule has 0 bridgehead atoms. The van der Waals surface area contributed by atoms with Crippen molar-refractivity contribution < 1.29 is 27.4 Å². The van der Waals surface area contributed by atoms with E-state index in [9.17, 15) is 13.2 Å². The second-order valence-electron chi connectivity index (χ2n) is 7.53. The zero-order valence-corrected chi connectivity index (χ0v) is 20.6. The third-order valence-corrected chi connectivity index (χ3v) is 6.35. The molecule has 1 heterocycles. The van der Waals surface area contributed by atoms with Gasteiger partial charge in [0, 0.05) is 23.6 Å². The van der Waals surface area contributed by atoms with Gasteiger partial charge in [0.25, 0.3) is 21.8 Å². The summed E-state index contributed by atoms with van der Waals surface area (Å²) in [5, 5.41) is 2.74. The molecule has 0 atom stereocenters. The topological polar surface area (TPSA) is 129 Å². The van der Waals surface area contributed by atoms with E-state index in [-0.39, 0.29) is 22.5 Å². The fourth-order valence-electron chi connectivity index (χ4n) is 3.19. The minimum absolute atomic E-state index is 0.0176. The van der Waals surface area contributed by atoms with Crippen LogP contribution in [0.2, 0.25) is 0 Å². The van der Waals surface area contributed by atoms with Gasteiger partial charge in [-0.3, -0.25) is 9.52 Å². The Morgan fingerprint density at radius 3 is 2.08 bits per heavy atom. The zero-order valence-electron chi connectivity index (χ0n) is 19.8. The quantitative estimate of drug-likeness (QED) is 0.284. The second-order valence-corrected chi connectivity index (χ2v) is 9.21. The Morgan fingerprint density at radius 2 is 1.43 bits per heavy atom. The number of carbonyl (C=O) groups excluding carboxylic acids is 1. The van der Waals surface area contributed by atoms with Crippen molar-refractivity contribution in [2.24, 2.45) is 0 Å². The van der Waals surface area contributed by atoms with Gasteiger partial charge in [-0.1, -0.05) is 18.2 Å². The maximum absolute atomic E-state index is 12.7. The number of anilines is 2. The SMILES string of the molecule is COc1nccnc1NS(=O)(=O)c1ccc(NC(=O)c2ccc(OCCOc3ccccc3)cc2)cc1. The minimum atomic E-state index is -3.94. The Balaban J connectivity index is 1.30. The van der Waals surface area contributed by atoms with Crippen molar-refractivity contribution in [1.82, 2.24) is 9.97 Å². The number of amides is 1. The van der Waals surface area contributed by atoms with E-state index in [1.807, 2.05) is 30.3 Å². The van der Waals surface area contributed by atoms with Gasteiger partial charge in [-0.15, -0.1) is 0 Å². The summed E-state index contributed by atoms with van der Waals surface area (Å²) in [6.45, 7) is 0.744. The molecule has 37 heavy (non-hydrogen) atoms. The molecule has 0 saturated heterocycles. The number of aromatic nitrogens is 2. The first kappa shape index (κ1) is 25.5. The predicted octanol–water partition coefficient (Wildman–Crippen LogP) is 4.00. The molecular weight excluding hydrogens is 496 g/mol. The highest BCUT2D eigenvalue weighted by Crippen LogP contribution is 2.22. The van der Waals surface area contributed by atoms with Crippen LogP contribution in [0.4, 0.5) is 11.5 Å². The van der Waals surface area contributed by atoms with Gasteiger partial charge in [-0.05, 0) is 60.7 Å². The first-order valence-electron chi connectivity index (χ1n) is 11.1. The molecule has 1 aromatic heterocycles. The van der Waals surface area contributed by atoms with Crippen molar-refractivity contribution in [3.63, 3.8) is 0 Å². The first-order chi connectivity index (χ1) is 17.9. The van der Waals surface area contributed by atoms with Crippen molar-refractivity contribution in [3.05, 3.63) is 96.8 Å². The number of para-hydroxylation sites is 1. The van der Waals surface area contributed by atoms with E-state index >= 15 is 0 Å². The largest absolute Gasteiger partial charge is 0.490 e.